The molecule has 1 heterocycles. The highest BCUT2D eigenvalue weighted by Gasteiger charge is 2.42. The highest BCUT2D eigenvalue weighted by molar-refractivity contribution is 7.89. The van der Waals surface area contributed by atoms with Crippen molar-refractivity contribution in [1.82, 2.24) is 9.21 Å². The molecule has 1 amide bonds. The summed E-state index contributed by atoms with van der Waals surface area (Å²) in [6.45, 7) is 0.0463. The zero-order chi connectivity index (χ0) is 22.8. The lowest BCUT2D eigenvalue weighted by atomic mass is 10.1. The Labute approximate surface area is 180 Å². The smallest absolute Gasteiger partial charge is 0.328 e. The molecule has 10 heteroatoms. The maximum Gasteiger partial charge on any atom is 0.328 e. The van der Waals surface area contributed by atoms with Crippen LogP contribution in [0.2, 0.25) is 0 Å². The number of amides is 1. The molecule has 0 aromatic heterocycles. The van der Waals surface area contributed by atoms with E-state index in [2.05, 4.69) is 0 Å². The molecule has 2 aromatic rings. The number of ether oxygens (including phenoxy) is 2. The molecule has 0 radical (unpaired) electrons. The molecule has 0 bridgehead atoms. The van der Waals surface area contributed by atoms with Crippen LogP contribution in [0.3, 0.4) is 0 Å². The molecule has 1 saturated heterocycles. The summed E-state index contributed by atoms with van der Waals surface area (Å²) in [7, 11) is 0.408. The number of sulfonamides is 1. The fourth-order valence-corrected chi connectivity index (χ4v) is 4.23. The van der Waals surface area contributed by atoms with E-state index >= 15 is 0 Å². The van der Waals surface area contributed by atoms with Crippen molar-refractivity contribution in [2.45, 2.75) is 23.5 Å². The van der Waals surface area contributed by atoms with Crippen molar-refractivity contribution in [3.8, 4) is 5.75 Å². The fraction of sp³-hybridized carbons (Fsp3) is 0.333. The molecule has 2 unspecified atom stereocenters. The second-order valence-corrected chi connectivity index (χ2v) is 9.37. The van der Waals surface area contributed by atoms with Crippen molar-refractivity contribution >= 4 is 21.9 Å². The summed E-state index contributed by atoms with van der Waals surface area (Å²) in [5, 5.41) is 0. The largest absolute Gasteiger partial charge is 0.485 e. The quantitative estimate of drug-likeness (QED) is 0.625. The lowest BCUT2D eigenvalue weighted by molar-refractivity contribution is -0.145. The van der Waals surface area contributed by atoms with Gasteiger partial charge in [-0.3, -0.25) is 4.79 Å². The average Bonchev–Trinajstić information content (AvgIpc) is 3.18. The van der Waals surface area contributed by atoms with Crippen LogP contribution >= 0.6 is 0 Å². The van der Waals surface area contributed by atoms with E-state index in [4.69, 9.17) is 9.47 Å². The van der Waals surface area contributed by atoms with Gasteiger partial charge in [-0.05, 0) is 36.4 Å². The number of carbonyl (C=O) groups is 2. The number of halogens is 1. The highest BCUT2D eigenvalue weighted by Crippen LogP contribution is 2.27. The second-order valence-electron chi connectivity index (χ2n) is 7.21. The number of nitrogens with zero attached hydrogens (tertiary/aromatic N) is 2. The molecule has 0 spiro atoms. The van der Waals surface area contributed by atoms with E-state index in [9.17, 15) is 22.4 Å². The Morgan fingerprint density at radius 2 is 1.74 bits per heavy atom. The van der Waals surface area contributed by atoms with Gasteiger partial charge in [0.2, 0.25) is 10.0 Å². The summed E-state index contributed by atoms with van der Waals surface area (Å²) < 4.78 is 49.9. The predicted octanol–water partition coefficient (Wildman–Crippen LogP) is 1.91. The zero-order valence-corrected chi connectivity index (χ0v) is 18.1. The third-order valence-electron chi connectivity index (χ3n) is 5.01. The lowest BCUT2D eigenvalue weighted by Gasteiger charge is -2.22. The number of methoxy groups -OCH3 is 1. The topological polar surface area (TPSA) is 93.2 Å². The molecular formula is C21H23FN2O6S. The maximum absolute atomic E-state index is 13.9. The molecule has 3 rings (SSSR count). The summed E-state index contributed by atoms with van der Waals surface area (Å²) >= 11 is 0. The van der Waals surface area contributed by atoms with E-state index in [0.29, 0.717) is 0 Å². The number of hydrogen-bond acceptors (Lipinski definition) is 6. The van der Waals surface area contributed by atoms with Crippen LogP contribution in [-0.2, 0) is 19.6 Å². The molecule has 1 aliphatic heterocycles. The van der Waals surface area contributed by atoms with Crippen LogP contribution in [0, 0.1) is 5.82 Å². The molecule has 31 heavy (non-hydrogen) atoms. The van der Waals surface area contributed by atoms with Gasteiger partial charge in [0.15, 0.2) is 11.6 Å². The average molecular weight is 450 g/mol. The molecule has 0 aliphatic carbocycles. The van der Waals surface area contributed by atoms with Crippen molar-refractivity contribution in [2.24, 2.45) is 0 Å². The summed E-state index contributed by atoms with van der Waals surface area (Å²) in [5.41, 5.74) is 0.207. The van der Waals surface area contributed by atoms with Gasteiger partial charge in [-0.2, -0.15) is 0 Å². The normalized spacial score (nSPS) is 18.8. The fourth-order valence-electron chi connectivity index (χ4n) is 3.33. The lowest BCUT2D eigenvalue weighted by Crippen LogP contribution is -2.41. The van der Waals surface area contributed by atoms with E-state index in [0.717, 1.165) is 4.31 Å². The van der Waals surface area contributed by atoms with Crippen LogP contribution in [0.25, 0.3) is 0 Å². The van der Waals surface area contributed by atoms with Gasteiger partial charge in [-0.25, -0.2) is 21.9 Å². The number of esters is 1. The number of rotatable bonds is 6. The van der Waals surface area contributed by atoms with Crippen LogP contribution in [0.5, 0.6) is 5.75 Å². The van der Waals surface area contributed by atoms with Crippen molar-refractivity contribution in [3.63, 3.8) is 0 Å². The van der Waals surface area contributed by atoms with E-state index < -0.39 is 39.9 Å². The Morgan fingerprint density at radius 1 is 1.10 bits per heavy atom. The molecule has 0 N–H and O–H groups in total. The van der Waals surface area contributed by atoms with Crippen molar-refractivity contribution in [1.29, 1.82) is 0 Å². The standard InChI is InChI=1S/C21H23FN2O6S/c1-23(2)31(27,28)16-10-8-14(9-11-16)20(25)24-13-15(12-18(24)21(26)29-3)30-19-7-5-4-6-17(19)22/h4-11,15,18H,12-13H2,1-3H3. The number of para-hydroxylation sites is 1. The minimum absolute atomic E-state index is 0.0312. The van der Waals surface area contributed by atoms with Gasteiger partial charge in [-0.1, -0.05) is 12.1 Å². The van der Waals surface area contributed by atoms with Gasteiger partial charge in [-0.15, -0.1) is 0 Å². The van der Waals surface area contributed by atoms with Crippen molar-refractivity contribution in [2.75, 3.05) is 27.7 Å². The maximum atomic E-state index is 13.9. The van der Waals surface area contributed by atoms with Crippen LogP contribution in [0.4, 0.5) is 4.39 Å². The van der Waals surface area contributed by atoms with Gasteiger partial charge in [0.25, 0.3) is 5.91 Å². The van der Waals surface area contributed by atoms with Crippen molar-refractivity contribution < 1.29 is 31.9 Å². The SMILES string of the molecule is COC(=O)C1CC(Oc2ccccc2F)CN1C(=O)c1ccc(S(=O)(=O)N(C)C)cc1. The van der Waals surface area contributed by atoms with Crippen LogP contribution in [0.15, 0.2) is 53.4 Å². The monoisotopic (exact) mass is 450 g/mol. The number of hydrogen-bond donors (Lipinski definition) is 0. The molecule has 1 fully saturated rings. The Kier molecular flexibility index (Phi) is 6.61. The predicted molar refractivity (Wildman–Crippen MR) is 110 cm³/mol. The molecule has 166 valence electrons. The third kappa shape index (κ3) is 4.70. The van der Waals surface area contributed by atoms with Crippen LogP contribution < -0.4 is 4.74 Å². The molecule has 2 atom stereocenters. The zero-order valence-electron chi connectivity index (χ0n) is 17.3. The Balaban J connectivity index is 1.82. The first-order valence-corrected chi connectivity index (χ1v) is 10.9. The molecule has 2 aromatic carbocycles. The van der Waals surface area contributed by atoms with Gasteiger partial charge in [0, 0.05) is 26.1 Å². The second kappa shape index (κ2) is 9.03. The third-order valence-corrected chi connectivity index (χ3v) is 6.84. The van der Waals surface area contributed by atoms with E-state index in [1.165, 1.54) is 68.6 Å². The summed E-state index contributed by atoms with van der Waals surface area (Å²) in [6.07, 6.45) is -0.474. The Hall–Kier alpha value is -2.98. The van der Waals surface area contributed by atoms with Crippen LogP contribution in [0.1, 0.15) is 16.8 Å². The number of likely N-dealkylation sites (tertiary alicyclic amines) is 1. The van der Waals surface area contributed by atoms with E-state index in [1.54, 1.807) is 6.07 Å². The summed E-state index contributed by atoms with van der Waals surface area (Å²) in [4.78, 5) is 26.7. The van der Waals surface area contributed by atoms with E-state index in [1.807, 2.05) is 0 Å². The molecule has 0 saturated carbocycles. The first kappa shape index (κ1) is 22.7. The first-order chi connectivity index (χ1) is 14.6. The Bertz CT molecular complexity index is 1070. The molecular weight excluding hydrogens is 427 g/mol. The van der Waals surface area contributed by atoms with Gasteiger partial charge in [0.05, 0.1) is 18.6 Å². The summed E-state index contributed by atoms with van der Waals surface area (Å²) in [5.74, 6) is -1.60. The van der Waals surface area contributed by atoms with Crippen LogP contribution in [-0.4, -0.2) is 69.4 Å². The molecule has 8 nitrogen and oxygen atoms in total. The minimum Gasteiger partial charge on any atom is -0.485 e. The Morgan fingerprint density at radius 3 is 2.32 bits per heavy atom. The first-order valence-electron chi connectivity index (χ1n) is 9.47. The number of carbonyl (C=O) groups excluding carboxylic acids is 2. The van der Waals surface area contributed by atoms with E-state index in [-0.39, 0.29) is 29.2 Å². The molecule has 1 aliphatic rings. The number of benzene rings is 2. The van der Waals surface area contributed by atoms with Gasteiger partial charge < -0.3 is 14.4 Å². The van der Waals surface area contributed by atoms with Crippen molar-refractivity contribution in [3.05, 3.63) is 59.9 Å². The minimum atomic E-state index is -3.64. The highest BCUT2D eigenvalue weighted by atomic mass is 32.2. The van der Waals surface area contributed by atoms with Gasteiger partial charge >= 0.3 is 5.97 Å². The van der Waals surface area contributed by atoms with Gasteiger partial charge in [0.1, 0.15) is 12.1 Å². The summed E-state index contributed by atoms with van der Waals surface area (Å²) in [6, 6.07) is 10.4.